The Bertz CT molecular complexity index is 1390. The number of hydrogen-bond acceptors (Lipinski definition) is 8. The van der Waals surface area contributed by atoms with E-state index in [2.05, 4.69) is 61.0 Å². The van der Waals surface area contributed by atoms with Gasteiger partial charge in [0.25, 0.3) is 0 Å². The molecule has 0 aliphatic carbocycles. The topological polar surface area (TPSA) is 98.2 Å². The Morgan fingerprint density at radius 2 is 1.80 bits per heavy atom. The molecule has 2 bridgehead atoms. The van der Waals surface area contributed by atoms with Gasteiger partial charge in [0.05, 0.1) is 19.9 Å². The molecular weight excluding hydrogens is 447 g/mol. The summed E-state index contributed by atoms with van der Waals surface area (Å²) >= 11 is 0. The van der Waals surface area contributed by atoms with Gasteiger partial charge in [-0.05, 0) is 30.7 Å². The summed E-state index contributed by atoms with van der Waals surface area (Å²) in [6.07, 6.45) is 4.01. The Kier molecular flexibility index (Phi) is 5.34. The first kappa shape index (κ1) is 21.9. The smallest absolute Gasteiger partial charge is 0.320 e. The van der Waals surface area contributed by atoms with Gasteiger partial charge in [-0.15, -0.1) is 0 Å². The number of halogens is 1. The first-order valence-electron chi connectivity index (χ1n) is 11.7. The number of likely N-dealkylation sites (tertiary alicyclic amines) is 2. The second-order valence-corrected chi connectivity index (χ2v) is 9.41. The largest absolute Gasteiger partial charge is 0.467 e. The van der Waals surface area contributed by atoms with Gasteiger partial charge >= 0.3 is 6.01 Å². The molecule has 0 spiro atoms. The molecule has 10 heteroatoms. The lowest BCUT2D eigenvalue weighted by atomic mass is 10.1. The van der Waals surface area contributed by atoms with Crippen LogP contribution in [-0.2, 0) is 13.1 Å². The van der Waals surface area contributed by atoms with Gasteiger partial charge in [-0.3, -0.25) is 9.88 Å². The number of fused-ring (bicyclic) bond motifs is 3. The Morgan fingerprint density at radius 3 is 2.46 bits per heavy atom. The third kappa shape index (κ3) is 3.98. The van der Waals surface area contributed by atoms with Crippen molar-refractivity contribution in [2.75, 3.05) is 33.0 Å². The van der Waals surface area contributed by atoms with Crippen LogP contribution < -0.4 is 10.5 Å². The third-order valence-electron chi connectivity index (χ3n) is 7.12. The molecule has 0 radical (unpaired) electrons. The highest BCUT2D eigenvalue weighted by atomic mass is 19.1. The maximum absolute atomic E-state index is 14.0. The molecule has 0 unspecified atom stereocenters. The lowest BCUT2D eigenvalue weighted by molar-refractivity contribution is 0.143. The molecule has 2 saturated heterocycles. The molecule has 4 aromatic rings. The Labute approximate surface area is 202 Å². The maximum Gasteiger partial charge on any atom is 0.320 e. The predicted molar refractivity (Wildman–Crippen MR) is 130 cm³/mol. The number of nitrogens with two attached hydrogens (primary N) is 1. The molecule has 5 heterocycles. The van der Waals surface area contributed by atoms with E-state index in [0.29, 0.717) is 41.2 Å². The first-order chi connectivity index (χ1) is 17.0. The number of ether oxygens (including phenoxy) is 1. The first-order valence-corrected chi connectivity index (χ1v) is 11.7. The predicted octanol–water partition coefficient (Wildman–Crippen LogP) is 2.55. The van der Waals surface area contributed by atoms with Crippen molar-refractivity contribution < 1.29 is 9.13 Å². The summed E-state index contributed by atoms with van der Waals surface area (Å²) in [6.45, 7) is 3.73. The Morgan fingerprint density at radius 1 is 1.03 bits per heavy atom. The number of methoxy groups -OCH3 is 1. The van der Waals surface area contributed by atoms with Crippen LogP contribution in [-0.4, -0.2) is 73.6 Å². The third-order valence-corrected chi connectivity index (χ3v) is 7.12. The summed E-state index contributed by atoms with van der Waals surface area (Å²) in [4.78, 5) is 22.3. The van der Waals surface area contributed by atoms with Crippen LogP contribution in [0.2, 0.25) is 0 Å². The summed E-state index contributed by atoms with van der Waals surface area (Å²) in [6, 6.07) is 11.5. The normalized spacial score (nSPS) is 20.2. The summed E-state index contributed by atoms with van der Waals surface area (Å²) in [5.41, 5.74) is 10.0. The minimum absolute atomic E-state index is 0.154. The van der Waals surface area contributed by atoms with Gasteiger partial charge < -0.3 is 19.9 Å². The van der Waals surface area contributed by atoms with Gasteiger partial charge in [0.1, 0.15) is 11.6 Å². The standard InChI is InChI=1S/C25H27FN8O/c1-32-13-20-8-19(32)14-33(20)11-15-3-5-16(6-4-15)12-34-23(17-7-18(26)10-28-9-17)29-21-22(27)30-25(35-2)31-24(21)34/h3-7,9-10,19-20H,8,11-14H2,1-2H3,(H2,27,30,31)/t19-,20-/m0/s1. The average Bonchev–Trinajstić information content (AvgIpc) is 3.53. The van der Waals surface area contributed by atoms with Crippen molar-refractivity contribution in [3.05, 3.63) is 59.7 Å². The van der Waals surface area contributed by atoms with Crippen molar-refractivity contribution in [2.24, 2.45) is 0 Å². The maximum atomic E-state index is 14.0. The SMILES string of the molecule is COc1nc(N)c2nc(-c3cncc(F)c3)n(Cc3ccc(CN4C[C@@H]5C[C@H]4CN5C)cc3)c2n1. The summed E-state index contributed by atoms with van der Waals surface area (Å²) in [5.74, 6) is 0.281. The van der Waals surface area contributed by atoms with Gasteiger partial charge in [0.2, 0.25) is 0 Å². The molecule has 6 rings (SSSR count). The lowest BCUT2D eigenvalue weighted by Crippen LogP contribution is -2.43. The number of pyridine rings is 1. The molecule has 3 aromatic heterocycles. The molecule has 35 heavy (non-hydrogen) atoms. The second-order valence-electron chi connectivity index (χ2n) is 9.41. The zero-order valence-corrected chi connectivity index (χ0v) is 19.7. The molecule has 2 atom stereocenters. The van der Waals surface area contributed by atoms with Gasteiger partial charge in [-0.2, -0.15) is 9.97 Å². The number of nitrogen functional groups attached to an aromatic ring is 1. The van der Waals surface area contributed by atoms with Crippen molar-refractivity contribution in [1.82, 2.24) is 34.3 Å². The van der Waals surface area contributed by atoms with Gasteiger partial charge in [0.15, 0.2) is 17.0 Å². The van der Waals surface area contributed by atoms with Gasteiger partial charge in [-0.25, -0.2) is 9.37 Å². The summed E-state index contributed by atoms with van der Waals surface area (Å²) in [7, 11) is 3.71. The van der Waals surface area contributed by atoms with Crippen molar-refractivity contribution in [3.8, 4) is 17.4 Å². The van der Waals surface area contributed by atoms with Crippen molar-refractivity contribution in [3.63, 3.8) is 0 Å². The summed E-state index contributed by atoms with van der Waals surface area (Å²) < 4.78 is 21.1. The van der Waals surface area contributed by atoms with E-state index in [4.69, 9.17) is 10.5 Å². The number of benzene rings is 1. The highest BCUT2D eigenvalue weighted by Gasteiger charge is 2.40. The molecule has 2 N–H and O–H groups in total. The van der Waals surface area contributed by atoms with Crippen LogP contribution in [0.3, 0.4) is 0 Å². The monoisotopic (exact) mass is 474 g/mol. The van der Waals surface area contributed by atoms with Crippen LogP contribution in [0.5, 0.6) is 6.01 Å². The van der Waals surface area contributed by atoms with Crippen molar-refractivity contribution in [1.29, 1.82) is 0 Å². The minimum atomic E-state index is -0.441. The van der Waals surface area contributed by atoms with E-state index < -0.39 is 5.82 Å². The van der Waals surface area contributed by atoms with Crippen LogP contribution in [0.1, 0.15) is 17.5 Å². The van der Waals surface area contributed by atoms with Crippen LogP contribution in [0.25, 0.3) is 22.6 Å². The average molecular weight is 475 g/mol. The zero-order chi connectivity index (χ0) is 24.1. The number of hydrogen-bond donors (Lipinski definition) is 1. The minimum Gasteiger partial charge on any atom is -0.467 e. The molecule has 2 aliphatic heterocycles. The molecule has 1 aromatic carbocycles. The van der Waals surface area contributed by atoms with E-state index in [1.807, 2.05) is 4.57 Å². The lowest BCUT2D eigenvalue weighted by Gasteiger charge is -2.31. The van der Waals surface area contributed by atoms with Crippen LogP contribution in [0, 0.1) is 5.82 Å². The molecule has 0 saturated carbocycles. The Hall–Kier alpha value is -3.63. The molecule has 9 nitrogen and oxygen atoms in total. The van der Waals surface area contributed by atoms with E-state index in [1.54, 1.807) is 6.20 Å². The number of likely N-dealkylation sites (N-methyl/N-ethyl adjacent to an activating group) is 1. The van der Waals surface area contributed by atoms with Crippen molar-refractivity contribution >= 4 is 17.0 Å². The highest BCUT2D eigenvalue weighted by molar-refractivity contribution is 5.85. The fourth-order valence-electron chi connectivity index (χ4n) is 5.31. The van der Waals surface area contributed by atoms with E-state index >= 15 is 0 Å². The second kappa shape index (κ2) is 8.54. The Balaban J connectivity index is 1.32. The quantitative estimate of drug-likeness (QED) is 0.455. The fraction of sp³-hybridized carbons (Fsp3) is 0.360. The van der Waals surface area contributed by atoms with E-state index in [9.17, 15) is 4.39 Å². The number of anilines is 1. The van der Waals surface area contributed by atoms with Gasteiger partial charge in [0, 0.05) is 43.5 Å². The number of rotatable bonds is 6. The van der Waals surface area contributed by atoms with Crippen molar-refractivity contribution in [2.45, 2.75) is 31.6 Å². The van der Waals surface area contributed by atoms with E-state index in [0.717, 1.165) is 31.4 Å². The number of imidazole rings is 1. The van der Waals surface area contributed by atoms with E-state index in [-0.39, 0.29) is 11.8 Å². The van der Waals surface area contributed by atoms with Crippen LogP contribution >= 0.6 is 0 Å². The molecule has 2 fully saturated rings. The van der Waals surface area contributed by atoms with Gasteiger partial charge in [-0.1, -0.05) is 24.3 Å². The number of nitrogens with zero attached hydrogens (tertiary/aromatic N) is 7. The zero-order valence-electron chi connectivity index (χ0n) is 19.7. The highest BCUT2D eigenvalue weighted by Crippen LogP contribution is 2.31. The molecule has 0 amide bonds. The van der Waals surface area contributed by atoms with Crippen LogP contribution in [0.4, 0.5) is 10.2 Å². The molecular formula is C25H27FN8O. The fourth-order valence-corrected chi connectivity index (χ4v) is 5.31. The van der Waals surface area contributed by atoms with E-state index in [1.165, 1.54) is 25.2 Å². The molecule has 180 valence electrons. The van der Waals surface area contributed by atoms with Crippen LogP contribution in [0.15, 0.2) is 42.7 Å². The molecule has 2 aliphatic rings. The summed E-state index contributed by atoms with van der Waals surface area (Å²) in [5, 5.41) is 0. The number of aromatic nitrogens is 5. The number of piperazine rings is 1.